The predicted molar refractivity (Wildman–Crippen MR) is 73.2 cm³/mol. The molecule has 4 nitrogen and oxygen atoms in total. The first-order chi connectivity index (χ1) is 8.72. The smallest absolute Gasteiger partial charge is 0.119 e. The highest BCUT2D eigenvalue weighted by Gasteiger charge is 2.28. The molecule has 100 valence electrons. The quantitative estimate of drug-likeness (QED) is 0.743. The van der Waals surface area contributed by atoms with Crippen molar-refractivity contribution in [1.29, 1.82) is 0 Å². The largest absolute Gasteiger partial charge is 0.494 e. The van der Waals surface area contributed by atoms with Crippen LogP contribution in [0.25, 0.3) is 0 Å². The van der Waals surface area contributed by atoms with E-state index in [1.807, 2.05) is 31.2 Å². The average molecular weight is 250 g/mol. The molecule has 0 atom stereocenters. The molecule has 0 radical (unpaired) electrons. The van der Waals surface area contributed by atoms with Gasteiger partial charge in [-0.05, 0) is 57.1 Å². The molecule has 0 spiro atoms. The second kappa shape index (κ2) is 6.07. The van der Waals surface area contributed by atoms with Crippen molar-refractivity contribution in [1.82, 2.24) is 5.32 Å². The lowest BCUT2D eigenvalue weighted by Gasteiger charge is -2.33. The van der Waals surface area contributed by atoms with Crippen LogP contribution >= 0.6 is 0 Å². The van der Waals surface area contributed by atoms with Gasteiger partial charge in [-0.25, -0.2) is 0 Å². The Morgan fingerprint density at radius 3 is 2.56 bits per heavy atom. The Bertz CT molecular complexity index is 359. The molecule has 1 aromatic carbocycles. The van der Waals surface area contributed by atoms with E-state index >= 15 is 0 Å². The van der Waals surface area contributed by atoms with Crippen molar-refractivity contribution in [3.8, 4) is 5.75 Å². The molecule has 0 saturated carbocycles. The third-order valence-electron chi connectivity index (χ3n) is 3.32. The Balaban J connectivity index is 1.85. The van der Waals surface area contributed by atoms with E-state index in [2.05, 4.69) is 10.6 Å². The summed E-state index contributed by atoms with van der Waals surface area (Å²) in [5.74, 6) is 0.878. The lowest BCUT2D eigenvalue weighted by Crippen LogP contribution is -2.46. The second-order valence-electron chi connectivity index (χ2n) is 4.79. The van der Waals surface area contributed by atoms with Gasteiger partial charge in [0.1, 0.15) is 5.75 Å². The Kier molecular flexibility index (Phi) is 4.44. The van der Waals surface area contributed by atoms with Gasteiger partial charge >= 0.3 is 0 Å². The highest BCUT2D eigenvalue weighted by Crippen LogP contribution is 2.20. The van der Waals surface area contributed by atoms with Gasteiger partial charge in [-0.2, -0.15) is 0 Å². The van der Waals surface area contributed by atoms with E-state index in [4.69, 9.17) is 4.74 Å². The van der Waals surface area contributed by atoms with Gasteiger partial charge in [0.2, 0.25) is 0 Å². The molecule has 1 aliphatic rings. The number of hydrogen-bond donors (Lipinski definition) is 3. The van der Waals surface area contributed by atoms with Crippen LogP contribution in [0.5, 0.6) is 5.75 Å². The maximum atomic E-state index is 10.3. The maximum absolute atomic E-state index is 10.3. The van der Waals surface area contributed by atoms with E-state index in [-0.39, 0.29) is 0 Å². The van der Waals surface area contributed by atoms with Crippen LogP contribution < -0.4 is 15.4 Å². The molecular weight excluding hydrogens is 228 g/mol. The number of rotatable bonds is 5. The molecule has 18 heavy (non-hydrogen) atoms. The van der Waals surface area contributed by atoms with Crippen LogP contribution in [0.2, 0.25) is 0 Å². The summed E-state index contributed by atoms with van der Waals surface area (Å²) >= 11 is 0. The molecule has 0 aromatic heterocycles. The molecule has 2 rings (SSSR count). The first kappa shape index (κ1) is 13.2. The number of ether oxygens (including phenoxy) is 1. The molecule has 1 aromatic rings. The molecular formula is C14H22N2O2. The molecule has 3 N–H and O–H groups in total. The summed E-state index contributed by atoms with van der Waals surface area (Å²) < 4.78 is 5.39. The Morgan fingerprint density at radius 1 is 1.28 bits per heavy atom. The molecule has 1 fully saturated rings. The standard InChI is InChI=1S/C14H22N2O2/c1-2-18-13-5-3-12(4-6-13)16-11-14(17)7-9-15-10-8-14/h3-6,15-17H,2,7-11H2,1H3. The topological polar surface area (TPSA) is 53.5 Å². The molecule has 0 unspecified atom stereocenters. The van der Waals surface area contributed by atoms with Crippen molar-refractivity contribution in [3.63, 3.8) is 0 Å². The van der Waals surface area contributed by atoms with Crippen LogP contribution in [0, 0.1) is 0 Å². The van der Waals surface area contributed by atoms with Gasteiger partial charge in [-0.15, -0.1) is 0 Å². The molecule has 0 bridgehead atoms. The predicted octanol–water partition coefficient (Wildman–Crippen LogP) is 1.61. The zero-order chi connectivity index (χ0) is 12.8. The van der Waals surface area contributed by atoms with E-state index in [9.17, 15) is 5.11 Å². The zero-order valence-corrected chi connectivity index (χ0v) is 10.9. The summed E-state index contributed by atoms with van der Waals surface area (Å²) in [5, 5.41) is 16.9. The summed E-state index contributed by atoms with van der Waals surface area (Å²) in [6.45, 7) is 5.03. The van der Waals surface area contributed by atoms with E-state index in [0.717, 1.165) is 37.4 Å². The Morgan fingerprint density at radius 2 is 1.94 bits per heavy atom. The third-order valence-corrected chi connectivity index (χ3v) is 3.32. The van der Waals surface area contributed by atoms with Gasteiger partial charge in [0.25, 0.3) is 0 Å². The number of nitrogens with one attached hydrogen (secondary N) is 2. The van der Waals surface area contributed by atoms with Crippen LogP contribution in [0.1, 0.15) is 19.8 Å². The van der Waals surface area contributed by atoms with Crippen molar-refractivity contribution in [2.24, 2.45) is 0 Å². The Labute approximate surface area is 108 Å². The molecule has 1 heterocycles. The number of benzene rings is 1. The molecule has 4 heteroatoms. The molecule has 1 aliphatic heterocycles. The van der Waals surface area contributed by atoms with Crippen molar-refractivity contribution < 1.29 is 9.84 Å². The number of anilines is 1. The van der Waals surface area contributed by atoms with E-state index in [0.29, 0.717) is 13.2 Å². The maximum Gasteiger partial charge on any atom is 0.119 e. The minimum absolute atomic E-state index is 0.580. The fourth-order valence-electron chi connectivity index (χ4n) is 2.17. The van der Waals surface area contributed by atoms with Gasteiger partial charge in [0.05, 0.1) is 12.2 Å². The summed E-state index contributed by atoms with van der Waals surface area (Å²) in [7, 11) is 0. The molecule has 0 amide bonds. The van der Waals surface area contributed by atoms with Gasteiger partial charge in [0.15, 0.2) is 0 Å². The van der Waals surface area contributed by atoms with Gasteiger partial charge < -0.3 is 20.5 Å². The summed E-state index contributed by atoms with van der Waals surface area (Å²) in [6, 6.07) is 7.85. The summed E-state index contributed by atoms with van der Waals surface area (Å²) in [5.41, 5.74) is 0.439. The van der Waals surface area contributed by atoms with E-state index < -0.39 is 5.60 Å². The Hall–Kier alpha value is -1.26. The molecule has 0 aliphatic carbocycles. The van der Waals surface area contributed by atoms with Gasteiger partial charge in [-0.3, -0.25) is 0 Å². The van der Waals surface area contributed by atoms with Crippen molar-refractivity contribution in [2.75, 3.05) is 31.6 Å². The van der Waals surface area contributed by atoms with E-state index in [1.165, 1.54) is 0 Å². The van der Waals surface area contributed by atoms with Crippen LogP contribution in [0.3, 0.4) is 0 Å². The van der Waals surface area contributed by atoms with Crippen molar-refractivity contribution >= 4 is 5.69 Å². The monoisotopic (exact) mass is 250 g/mol. The van der Waals surface area contributed by atoms with Crippen LogP contribution in [0.4, 0.5) is 5.69 Å². The third kappa shape index (κ3) is 3.62. The fraction of sp³-hybridized carbons (Fsp3) is 0.571. The summed E-state index contributed by atoms with van der Waals surface area (Å²) in [6.07, 6.45) is 1.61. The minimum Gasteiger partial charge on any atom is -0.494 e. The number of piperidine rings is 1. The highest BCUT2D eigenvalue weighted by atomic mass is 16.5. The molecule has 1 saturated heterocycles. The summed E-state index contributed by atoms with van der Waals surface area (Å²) in [4.78, 5) is 0. The zero-order valence-electron chi connectivity index (χ0n) is 10.9. The number of hydrogen-bond acceptors (Lipinski definition) is 4. The fourth-order valence-corrected chi connectivity index (χ4v) is 2.17. The van der Waals surface area contributed by atoms with Gasteiger partial charge in [0, 0.05) is 12.2 Å². The minimum atomic E-state index is -0.580. The van der Waals surface area contributed by atoms with Crippen molar-refractivity contribution in [2.45, 2.75) is 25.4 Å². The first-order valence-corrected chi connectivity index (χ1v) is 6.62. The van der Waals surface area contributed by atoms with Gasteiger partial charge in [-0.1, -0.05) is 0 Å². The van der Waals surface area contributed by atoms with Crippen LogP contribution in [0.15, 0.2) is 24.3 Å². The second-order valence-corrected chi connectivity index (χ2v) is 4.79. The first-order valence-electron chi connectivity index (χ1n) is 6.62. The lowest BCUT2D eigenvalue weighted by atomic mass is 9.92. The van der Waals surface area contributed by atoms with Crippen molar-refractivity contribution in [3.05, 3.63) is 24.3 Å². The average Bonchev–Trinajstić information content (AvgIpc) is 2.39. The van der Waals surface area contributed by atoms with Crippen LogP contribution in [-0.2, 0) is 0 Å². The van der Waals surface area contributed by atoms with Crippen LogP contribution in [-0.4, -0.2) is 36.9 Å². The number of aliphatic hydroxyl groups is 1. The normalized spacial score (nSPS) is 18.3. The van der Waals surface area contributed by atoms with E-state index in [1.54, 1.807) is 0 Å². The lowest BCUT2D eigenvalue weighted by molar-refractivity contribution is 0.0232. The SMILES string of the molecule is CCOc1ccc(NCC2(O)CCNCC2)cc1. The highest BCUT2D eigenvalue weighted by molar-refractivity contribution is 5.46.